The maximum absolute atomic E-state index is 12.5. The number of alkyl carbamates (subject to hydrolysis) is 1. The van der Waals surface area contributed by atoms with Crippen LogP contribution >= 0.6 is 0 Å². The zero-order valence-electron chi connectivity index (χ0n) is 25.8. The van der Waals surface area contributed by atoms with Gasteiger partial charge in [0.25, 0.3) is 0 Å². The predicted octanol–water partition coefficient (Wildman–Crippen LogP) is 4.72. The molecule has 47 heavy (non-hydrogen) atoms. The molecule has 15 nitrogen and oxygen atoms in total. The molecule has 3 heterocycles. The molecule has 2 atom stereocenters. The summed E-state index contributed by atoms with van der Waals surface area (Å²) in [6.07, 6.45) is 3.33. The number of hydrogen-bond donors (Lipinski definition) is 3. The number of nitrogens with zero attached hydrogens (tertiary/aromatic N) is 8. The fraction of sp³-hybridized carbons (Fsp3) is 0.312. The first-order valence-corrected chi connectivity index (χ1v) is 14.8. The Morgan fingerprint density at radius 1 is 1.13 bits per heavy atom. The Balaban J connectivity index is 1.15. The summed E-state index contributed by atoms with van der Waals surface area (Å²) in [6.45, 7) is 3.39. The van der Waals surface area contributed by atoms with Crippen molar-refractivity contribution in [3.8, 4) is 11.8 Å². The third-order valence-electron chi connectivity index (χ3n) is 8.06. The SMILES string of the molecule is C[C@@H]1CCN(C(=O)CC#N)C[C@@H]1N(C)c1ncnc2c1ccn2CNC(=O)OCc1ccc(N=Nc2ccc(O)c(C(=O)O)c2)cc1. The van der Waals surface area contributed by atoms with Crippen LogP contribution in [0.3, 0.4) is 0 Å². The summed E-state index contributed by atoms with van der Waals surface area (Å²) in [4.78, 5) is 48.8. The zero-order chi connectivity index (χ0) is 33.5. The number of azo groups is 1. The molecule has 3 N–H and O–H groups in total. The van der Waals surface area contributed by atoms with Crippen LogP contribution in [0.15, 0.2) is 71.3 Å². The lowest BCUT2D eigenvalue weighted by Crippen LogP contribution is -2.52. The maximum atomic E-state index is 12.5. The summed E-state index contributed by atoms with van der Waals surface area (Å²) in [7, 11) is 1.94. The highest BCUT2D eigenvalue weighted by Crippen LogP contribution is 2.30. The number of aromatic carboxylic acids is 1. The molecule has 1 aliphatic heterocycles. The van der Waals surface area contributed by atoms with Crippen LogP contribution in [0.2, 0.25) is 0 Å². The van der Waals surface area contributed by atoms with E-state index >= 15 is 0 Å². The van der Waals surface area contributed by atoms with Crippen molar-refractivity contribution >= 4 is 46.2 Å². The van der Waals surface area contributed by atoms with Crippen molar-refractivity contribution in [3.05, 3.63) is 72.2 Å². The van der Waals surface area contributed by atoms with E-state index in [0.717, 1.165) is 11.8 Å². The third-order valence-corrected chi connectivity index (χ3v) is 8.06. The van der Waals surface area contributed by atoms with E-state index in [0.29, 0.717) is 41.7 Å². The smallest absolute Gasteiger partial charge is 0.408 e. The van der Waals surface area contributed by atoms with Gasteiger partial charge in [-0.15, -0.1) is 0 Å². The Bertz CT molecular complexity index is 1850. The molecule has 0 radical (unpaired) electrons. The van der Waals surface area contributed by atoms with E-state index in [9.17, 15) is 19.5 Å². The summed E-state index contributed by atoms with van der Waals surface area (Å²) in [5.74, 6) is -0.787. The number of carboxylic acid groups (broad SMARTS) is 1. The molecule has 2 aromatic carbocycles. The lowest BCUT2D eigenvalue weighted by molar-refractivity contribution is -0.131. The molecule has 0 unspecified atom stereocenters. The van der Waals surface area contributed by atoms with Crippen LogP contribution in [0.1, 0.15) is 35.7 Å². The number of aromatic hydroxyl groups is 1. The number of benzene rings is 2. The predicted molar refractivity (Wildman–Crippen MR) is 169 cm³/mol. The minimum atomic E-state index is -1.27. The minimum absolute atomic E-state index is 0.00405. The fourth-order valence-corrected chi connectivity index (χ4v) is 5.40. The Labute approximate surface area is 269 Å². The number of carbonyl (C=O) groups excluding carboxylic acids is 2. The van der Waals surface area contributed by atoms with E-state index in [1.165, 1.54) is 24.5 Å². The molecule has 0 spiro atoms. The van der Waals surface area contributed by atoms with E-state index in [4.69, 9.17) is 15.1 Å². The van der Waals surface area contributed by atoms with Crippen LogP contribution in [0.4, 0.5) is 22.0 Å². The molecule has 2 aromatic heterocycles. The average molecular weight is 640 g/mol. The number of amides is 2. The molecule has 0 saturated carbocycles. The van der Waals surface area contributed by atoms with Crippen LogP contribution in [0.25, 0.3) is 11.0 Å². The zero-order valence-corrected chi connectivity index (χ0v) is 25.8. The second-order valence-corrected chi connectivity index (χ2v) is 11.1. The number of rotatable bonds is 10. The van der Waals surface area contributed by atoms with Crippen LogP contribution in [-0.4, -0.2) is 73.8 Å². The number of anilines is 1. The Morgan fingerprint density at radius 3 is 2.62 bits per heavy atom. The van der Waals surface area contributed by atoms with Gasteiger partial charge < -0.3 is 34.6 Å². The number of nitrogens with one attached hydrogen (secondary N) is 1. The molecule has 1 aliphatic rings. The molecule has 15 heteroatoms. The molecule has 0 aliphatic carbocycles. The molecule has 0 bridgehead atoms. The first-order chi connectivity index (χ1) is 22.6. The number of fused-ring (bicyclic) bond motifs is 1. The third kappa shape index (κ3) is 7.61. The molecule has 1 fully saturated rings. The van der Waals surface area contributed by atoms with Gasteiger partial charge in [-0.2, -0.15) is 15.5 Å². The first kappa shape index (κ1) is 32.4. The van der Waals surface area contributed by atoms with Crippen LogP contribution < -0.4 is 10.2 Å². The number of aromatic nitrogens is 3. The molecular weight excluding hydrogens is 606 g/mol. The van der Waals surface area contributed by atoms with Gasteiger partial charge in [0.05, 0.1) is 35.5 Å². The average Bonchev–Trinajstić information content (AvgIpc) is 3.49. The number of ether oxygens (including phenoxy) is 1. The summed E-state index contributed by atoms with van der Waals surface area (Å²) < 4.78 is 7.14. The normalized spacial score (nSPS) is 16.1. The van der Waals surface area contributed by atoms with Gasteiger partial charge >= 0.3 is 12.1 Å². The summed E-state index contributed by atoms with van der Waals surface area (Å²) in [5, 5.41) is 39.3. The van der Waals surface area contributed by atoms with Gasteiger partial charge in [-0.3, -0.25) is 4.79 Å². The number of likely N-dealkylation sites (N-methyl/N-ethyl adjacent to an activating group) is 1. The first-order valence-electron chi connectivity index (χ1n) is 14.8. The highest BCUT2D eigenvalue weighted by atomic mass is 16.5. The van der Waals surface area contributed by atoms with Crippen molar-refractivity contribution in [3.63, 3.8) is 0 Å². The number of carbonyl (C=O) groups is 3. The summed E-state index contributed by atoms with van der Waals surface area (Å²) in [6, 6.07) is 14.5. The fourth-order valence-electron chi connectivity index (χ4n) is 5.40. The highest BCUT2D eigenvalue weighted by molar-refractivity contribution is 5.91. The molecule has 4 aromatic rings. The quantitative estimate of drug-likeness (QED) is 0.204. The maximum Gasteiger partial charge on any atom is 0.408 e. The second kappa shape index (κ2) is 14.4. The Morgan fingerprint density at radius 2 is 1.87 bits per heavy atom. The molecule has 2 amide bonds. The molecular formula is C32H33N9O6. The van der Waals surface area contributed by atoms with Gasteiger partial charge in [-0.25, -0.2) is 19.6 Å². The minimum Gasteiger partial charge on any atom is -0.507 e. The second-order valence-electron chi connectivity index (χ2n) is 11.1. The molecule has 242 valence electrons. The number of nitriles is 1. The van der Waals surface area contributed by atoms with E-state index in [2.05, 4.69) is 37.3 Å². The van der Waals surface area contributed by atoms with Gasteiger partial charge in [-0.05, 0) is 54.3 Å². The standard InChI is InChI=1S/C32H33N9O6/c1-20-10-13-40(28(43)9-12-33)16-26(20)39(2)29-24-11-14-41(30(24)35-18-34-29)19-36-32(46)47-17-21-3-5-22(6-4-21)37-38-23-7-8-27(42)25(15-23)31(44)45/h3-8,11,14-15,18,20,26,42H,9-10,13,16-17,19H2,1-2H3,(H,36,46)(H,44,45)/t20-,26+/m1/s1. The van der Waals surface area contributed by atoms with Crippen molar-refractivity contribution in [1.82, 2.24) is 24.8 Å². The Kier molecular flexibility index (Phi) is 9.90. The van der Waals surface area contributed by atoms with E-state index in [1.54, 1.807) is 39.9 Å². The van der Waals surface area contributed by atoms with Gasteiger partial charge in [0.2, 0.25) is 5.91 Å². The van der Waals surface area contributed by atoms with Crippen molar-refractivity contribution in [2.24, 2.45) is 16.1 Å². The number of phenols is 1. The van der Waals surface area contributed by atoms with Crippen molar-refractivity contribution < 1.29 is 29.3 Å². The summed E-state index contributed by atoms with van der Waals surface area (Å²) >= 11 is 0. The van der Waals surface area contributed by atoms with E-state index in [1.807, 2.05) is 19.2 Å². The topological polar surface area (TPSA) is 199 Å². The van der Waals surface area contributed by atoms with E-state index in [-0.39, 0.29) is 48.6 Å². The van der Waals surface area contributed by atoms with Gasteiger partial charge in [0.15, 0.2) is 0 Å². The van der Waals surface area contributed by atoms with Crippen molar-refractivity contribution in [2.45, 2.75) is 39.1 Å². The van der Waals surface area contributed by atoms with Gasteiger partial charge in [0, 0.05) is 26.3 Å². The number of carboxylic acids is 1. The van der Waals surface area contributed by atoms with Gasteiger partial charge in [0.1, 0.15) is 42.1 Å². The largest absolute Gasteiger partial charge is 0.507 e. The van der Waals surface area contributed by atoms with E-state index < -0.39 is 12.1 Å². The van der Waals surface area contributed by atoms with Crippen LogP contribution in [0.5, 0.6) is 5.75 Å². The molecule has 1 saturated heterocycles. The highest BCUT2D eigenvalue weighted by Gasteiger charge is 2.32. The number of piperidine rings is 1. The number of hydrogen-bond acceptors (Lipinski definition) is 11. The lowest BCUT2D eigenvalue weighted by Gasteiger charge is -2.42. The number of likely N-dealkylation sites (tertiary alicyclic amines) is 1. The lowest BCUT2D eigenvalue weighted by atomic mass is 9.92. The molecule has 5 rings (SSSR count). The summed E-state index contributed by atoms with van der Waals surface area (Å²) in [5.41, 5.74) is 1.84. The monoisotopic (exact) mass is 639 g/mol. The van der Waals surface area contributed by atoms with Crippen LogP contribution in [0, 0.1) is 17.2 Å². The van der Waals surface area contributed by atoms with Crippen molar-refractivity contribution in [1.29, 1.82) is 5.26 Å². The van der Waals surface area contributed by atoms with Crippen LogP contribution in [-0.2, 0) is 22.8 Å². The Hall–Kier alpha value is -6.04. The van der Waals surface area contributed by atoms with Crippen molar-refractivity contribution in [2.75, 3.05) is 25.0 Å². The van der Waals surface area contributed by atoms with Gasteiger partial charge in [-0.1, -0.05) is 19.1 Å².